The third kappa shape index (κ3) is 5.91. The van der Waals surface area contributed by atoms with Crippen LogP contribution in [0.5, 0.6) is 0 Å². The molecule has 1 heterocycles. The van der Waals surface area contributed by atoms with Crippen molar-refractivity contribution in [1.82, 2.24) is 4.98 Å². The average Bonchev–Trinajstić information content (AvgIpc) is 2.74. The largest absolute Gasteiger partial charge is 0.443 e. The number of benzene rings is 2. The molecule has 2 amide bonds. The van der Waals surface area contributed by atoms with E-state index in [4.69, 9.17) is 10.5 Å². The second-order valence-corrected chi connectivity index (χ2v) is 8.38. The molecular formula is C25H26FN3O3. The number of nitrogens with zero attached hydrogens (tertiary/aromatic N) is 2. The van der Waals surface area contributed by atoms with Crippen LogP contribution < -0.4 is 10.6 Å². The van der Waals surface area contributed by atoms with Crippen molar-refractivity contribution in [2.45, 2.75) is 38.8 Å². The SMILES string of the molecule is CC(C)(C)OC(=O)N(c1ccc(-c2ccncc2)cc1)[C@H](Cc1ccc(F)cc1)C(N)=O. The molecule has 166 valence electrons. The fourth-order valence-corrected chi connectivity index (χ4v) is 3.25. The number of primary amides is 1. The van der Waals surface area contributed by atoms with Crippen LogP contribution >= 0.6 is 0 Å². The van der Waals surface area contributed by atoms with Crippen molar-refractivity contribution in [3.63, 3.8) is 0 Å². The van der Waals surface area contributed by atoms with E-state index >= 15 is 0 Å². The monoisotopic (exact) mass is 435 g/mol. The molecule has 0 saturated heterocycles. The second-order valence-electron chi connectivity index (χ2n) is 8.38. The van der Waals surface area contributed by atoms with E-state index in [0.29, 0.717) is 11.3 Å². The third-order valence-corrected chi connectivity index (χ3v) is 4.73. The van der Waals surface area contributed by atoms with Crippen molar-refractivity contribution in [3.05, 3.63) is 84.4 Å². The fourth-order valence-electron chi connectivity index (χ4n) is 3.25. The molecule has 2 aromatic carbocycles. The Kier molecular flexibility index (Phi) is 6.88. The highest BCUT2D eigenvalue weighted by Crippen LogP contribution is 2.27. The molecule has 0 aliphatic rings. The van der Waals surface area contributed by atoms with Crippen molar-refractivity contribution in [2.75, 3.05) is 4.90 Å². The Morgan fingerprint density at radius 1 is 0.969 bits per heavy atom. The first-order valence-corrected chi connectivity index (χ1v) is 10.2. The number of carbonyl (C=O) groups is 2. The lowest BCUT2D eigenvalue weighted by Crippen LogP contribution is -2.51. The lowest BCUT2D eigenvalue weighted by molar-refractivity contribution is -0.119. The molecule has 3 rings (SSSR count). The van der Waals surface area contributed by atoms with Crippen LogP contribution in [0, 0.1) is 5.82 Å². The Labute approximate surface area is 186 Å². The van der Waals surface area contributed by atoms with Gasteiger partial charge in [0, 0.05) is 24.5 Å². The van der Waals surface area contributed by atoms with Crippen molar-refractivity contribution in [2.24, 2.45) is 5.73 Å². The molecule has 0 fully saturated rings. The molecule has 0 aliphatic heterocycles. The summed E-state index contributed by atoms with van der Waals surface area (Å²) < 4.78 is 18.9. The fraction of sp³-hybridized carbons (Fsp3) is 0.240. The number of pyridine rings is 1. The Morgan fingerprint density at radius 2 is 1.53 bits per heavy atom. The second kappa shape index (κ2) is 9.60. The molecule has 0 aliphatic carbocycles. The lowest BCUT2D eigenvalue weighted by atomic mass is 10.0. The van der Waals surface area contributed by atoms with Crippen molar-refractivity contribution >= 4 is 17.7 Å². The van der Waals surface area contributed by atoms with Gasteiger partial charge in [0.05, 0.1) is 0 Å². The van der Waals surface area contributed by atoms with E-state index in [-0.39, 0.29) is 12.2 Å². The molecule has 3 aromatic rings. The minimum absolute atomic E-state index is 0.112. The van der Waals surface area contributed by atoms with E-state index in [1.165, 1.54) is 17.0 Å². The van der Waals surface area contributed by atoms with E-state index in [1.54, 1.807) is 57.4 Å². The lowest BCUT2D eigenvalue weighted by Gasteiger charge is -2.32. The van der Waals surface area contributed by atoms with E-state index in [2.05, 4.69) is 4.98 Å². The average molecular weight is 435 g/mol. The highest BCUT2D eigenvalue weighted by Gasteiger charge is 2.33. The first-order valence-electron chi connectivity index (χ1n) is 10.2. The highest BCUT2D eigenvalue weighted by atomic mass is 19.1. The number of hydrogen-bond acceptors (Lipinski definition) is 4. The van der Waals surface area contributed by atoms with Gasteiger partial charge in [-0.2, -0.15) is 0 Å². The molecule has 0 bridgehead atoms. The zero-order valence-electron chi connectivity index (χ0n) is 18.3. The molecule has 1 aromatic heterocycles. The maximum atomic E-state index is 13.3. The van der Waals surface area contributed by atoms with Crippen LogP contribution in [0.15, 0.2) is 73.1 Å². The highest BCUT2D eigenvalue weighted by molar-refractivity contribution is 5.97. The minimum atomic E-state index is -1.03. The first kappa shape index (κ1) is 22.9. The topological polar surface area (TPSA) is 85.5 Å². The van der Waals surface area contributed by atoms with Gasteiger partial charge < -0.3 is 10.5 Å². The van der Waals surface area contributed by atoms with Gasteiger partial charge in [-0.25, -0.2) is 9.18 Å². The summed E-state index contributed by atoms with van der Waals surface area (Å²) in [5.74, 6) is -1.08. The summed E-state index contributed by atoms with van der Waals surface area (Å²) in [6.07, 6.45) is 2.81. The molecule has 1 atom stereocenters. The quantitative estimate of drug-likeness (QED) is 0.607. The zero-order valence-corrected chi connectivity index (χ0v) is 18.3. The smallest absolute Gasteiger partial charge is 0.415 e. The van der Waals surface area contributed by atoms with Crippen molar-refractivity contribution in [1.29, 1.82) is 0 Å². The summed E-state index contributed by atoms with van der Waals surface area (Å²) >= 11 is 0. The van der Waals surface area contributed by atoms with Gasteiger partial charge in [0.15, 0.2) is 0 Å². The van der Waals surface area contributed by atoms with Gasteiger partial charge in [-0.1, -0.05) is 24.3 Å². The molecule has 6 nitrogen and oxygen atoms in total. The summed E-state index contributed by atoms with van der Waals surface area (Å²) in [7, 11) is 0. The maximum Gasteiger partial charge on any atom is 0.415 e. The van der Waals surface area contributed by atoms with Gasteiger partial charge in [0.2, 0.25) is 5.91 Å². The Balaban J connectivity index is 1.98. The number of aromatic nitrogens is 1. The molecule has 0 spiro atoms. The molecule has 0 radical (unpaired) electrons. The van der Waals surface area contributed by atoms with Crippen LogP contribution in [0.3, 0.4) is 0 Å². The van der Waals surface area contributed by atoms with Gasteiger partial charge in [-0.15, -0.1) is 0 Å². The van der Waals surface area contributed by atoms with Gasteiger partial charge in [0.25, 0.3) is 0 Å². The number of hydrogen-bond donors (Lipinski definition) is 1. The summed E-state index contributed by atoms with van der Waals surface area (Å²) in [5.41, 5.74) is 7.95. The maximum absolute atomic E-state index is 13.3. The number of amides is 2. The number of carbonyl (C=O) groups excluding carboxylic acids is 2. The van der Waals surface area contributed by atoms with Crippen molar-refractivity contribution < 1.29 is 18.7 Å². The van der Waals surface area contributed by atoms with Crippen LogP contribution in [0.4, 0.5) is 14.9 Å². The normalized spacial score (nSPS) is 12.1. The van der Waals surface area contributed by atoms with Crippen LogP contribution in [-0.2, 0) is 16.0 Å². The summed E-state index contributed by atoms with van der Waals surface area (Å²) in [6.45, 7) is 5.23. The predicted octanol–water partition coefficient (Wildman–Crippen LogP) is 4.73. The van der Waals surface area contributed by atoms with Crippen LogP contribution in [0.1, 0.15) is 26.3 Å². The number of ether oxygens (including phenoxy) is 1. The number of nitrogens with two attached hydrogens (primary N) is 1. The van der Waals surface area contributed by atoms with E-state index in [9.17, 15) is 14.0 Å². The Morgan fingerprint density at radius 3 is 2.06 bits per heavy atom. The summed E-state index contributed by atoms with van der Waals surface area (Å²) in [4.78, 5) is 30.8. The van der Waals surface area contributed by atoms with E-state index in [0.717, 1.165) is 11.1 Å². The summed E-state index contributed by atoms with van der Waals surface area (Å²) in [6, 6.07) is 15.6. The Hall–Kier alpha value is -3.74. The van der Waals surface area contributed by atoms with E-state index < -0.39 is 23.6 Å². The predicted molar refractivity (Wildman–Crippen MR) is 121 cm³/mol. The van der Waals surface area contributed by atoms with Crippen molar-refractivity contribution in [3.8, 4) is 11.1 Å². The van der Waals surface area contributed by atoms with Gasteiger partial charge >= 0.3 is 6.09 Å². The van der Waals surface area contributed by atoms with E-state index in [1.807, 2.05) is 24.3 Å². The van der Waals surface area contributed by atoms with Gasteiger partial charge in [-0.3, -0.25) is 14.7 Å². The number of anilines is 1. The third-order valence-electron chi connectivity index (χ3n) is 4.73. The van der Waals surface area contributed by atoms with Crippen LogP contribution in [0.25, 0.3) is 11.1 Å². The molecule has 32 heavy (non-hydrogen) atoms. The molecular weight excluding hydrogens is 409 g/mol. The number of halogens is 1. The van der Waals surface area contributed by atoms with Gasteiger partial charge in [0.1, 0.15) is 17.5 Å². The van der Waals surface area contributed by atoms with Crippen LogP contribution in [0.2, 0.25) is 0 Å². The molecule has 2 N–H and O–H groups in total. The minimum Gasteiger partial charge on any atom is -0.443 e. The molecule has 7 heteroatoms. The first-order chi connectivity index (χ1) is 15.1. The standard InChI is InChI=1S/C25H26FN3O3/c1-25(2,3)32-24(31)29(22(23(27)30)16-17-4-8-20(26)9-5-17)21-10-6-18(7-11-21)19-12-14-28-15-13-19/h4-15,22H,16H2,1-3H3,(H2,27,30)/t22-/m1/s1. The Bertz CT molecular complexity index is 1060. The van der Waals surface area contributed by atoms with Crippen LogP contribution in [-0.4, -0.2) is 28.6 Å². The molecule has 0 saturated carbocycles. The van der Waals surface area contributed by atoms with Gasteiger partial charge in [-0.05, 0) is 73.9 Å². The zero-order chi connectivity index (χ0) is 23.3. The number of rotatable bonds is 6. The summed E-state index contributed by atoms with van der Waals surface area (Å²) in [5, 5.41) is 0. The molecule has 0 unspecified atom stereocenters.